The lowest BCUT2D eigenvalue weighted by molar-refractivity contribution is 0.404. The van der Waals surface area contributed by atoms with Crippen LogP contribution >= 0.6 is 15.9 Å². The Balaban J connectivity index is 2.40. The molecule has 1 aliphatic rings. The average Bonchev–Trinajstić information content (AvgIpc) is 2.74. The quantitative estimate of drug-likeness (QED) is 0.911. The van der Waals surface area contributed by atoms with E-state index in [2.05, 4.69) is 15.9 Å². The molecule has 6 heteroatoms. The molecule has 1 fully saturated rings. The first-order valence-electron chi connectivity index (χ1n) is 6.34. The number of sulfonamides is 1. The number of halogens is 1. The second-order valence-corrected chi connectivity index (χ2v) is 7.95. The van der Waals surface area contributed by atoms with Crippen molar-refractivity contribution in [3.8, 4) is 0 Å². The van der Waals surface area contributed by atoms with E-state index < -0.39 is 10.0 Å². The highest BCUT2D eigenvalue weighted by atomic mass is 79.9. The summed E-state index contributed by atoms with van der Waals surface area (Å²) in [4.78, 5) is 0.381. The van der Waals surface area contributed by atoms with E-state index in [1.807, 2.05) is 26.0 Å². The maximum absolute atomic E-state index is 12.7. The smallest absolute Gasteiger partial charge is 0.243 e. The van der Waals surface area contributed by atoms with Gasteiger partial charge in [0.2, 0.25) is 10.0 Å². The first-order valence-corrected chi connectivity index (χ1v) is 8.57. The van der Waals surface area contributed by atoms with Gasteiger partial charge < -0.3 is 5.73 Å². The summed E-state index contributed by atoms with van der Waals surface area (Å²) in [5.74, 6) is 0.261. The summed E-state index contributed by atoms with van der Waals surface area (Å²) in [6, 6.07) is 5.35. The molecule has 1 aromatic carbocycles. The molecular weight excluding hydrogens is 328 g/mol. The van der Waals surface area contributed by atoms with E-state index in [-0.39, 0.29) is 12.0 Å². The average molecular weight is 347 g/mol. The van der Waals surface area contributed by atoms with Crippen LogP contribution in [0.3, 0.4) is 0 Å². The lowest BCUT2D eigenvalue weighted by Crippen LogP contribution is -2.34. The predicted octanol–water partition coefficient (Wildman–Crippen LogP) is 2.12. The van der Waals surface area contributed by atoms with Gasteiger partial charge in [-0.3, -0.25) is 0 Å². The minimum atomic E-state index is -3.44. The second kappa shape index (κ2) is 5.52. The first kappa shape index (κ1) is 15.0. The summed E-state index contributed by atoms with van der Waals surface area (Å²) < 4.78 is 27.8. The topological polar surface area (TPSA) is 63.4 Å². The van der Waals surface area contributed by atoms with E-state index in [0.717, 1.165) is 16.5 Å². The molecule has 2 atom stereocenters. The number of nitrogens with zero attached hydrogens (tertiary/aromatic N) is 1. The summed E-state index contributed by atoms with van der Waals surface area (Å²) in [6.45, 7) is 4.82. The number of rotatable bonds is 3. The maximum atomic E-state index is 12.7. The van der Waals surface area contributed by atoms with Crippen LogP contribution in [0.2, 0.25) is 0 Å². The molecule has 1 aliphatic heterocycles. The molecule has 19 heavy (non-hydrogen) atoms. The van der Waals surface area contributed by atoms with E-state index >= 15 is 0 Å². The molecular formula is C13H19BrN2O2S. The SMILES string of the molecule is Cc1ccc(Br)cc1S(=O)(=O)N1CC(CN)CC1C. The number of aryl methyl sites for hydroxylation is 1. The Kier molecular flexibility index (Phi) is 4.35. The summed E-state index contributed by atoms with van der Waals surface area (Å²) in [5, 5.41) is 0. The highest BCUT2D eigenvalue weighted by Gasteiger charge is 2.37. The maximum Gasteiger partial charge on any atom is 0.243 e. The molecule has 0 radical (unpaired) electrons. The normalized spacial score (nSPS) is 24.8. The monoisotopic (exact) mass is 346 g/mol. The van der Waals surface area contributed by atoms with Crippen molar-refractivity contribution in [1.82, 2.24) is 4.31 Å². The molecule has 0 aromatic heterocycles. The predicted molar refractivity (Wildman–Crippen MR) is 79.4 cm³/mol. The molecule has 106 valence electrons. The minimum absolute atomic E-state index is 0.0110. The largest absolute Gasteiger partial charge is 0.330 e. The Morgan fingerprint density at radius 3 is 2.74 bits per heavy atom. The molecule has 0 amide bonds. The van der Waals surface area contributed by atoms with E-state index in [0.29, 0.717) is 18.0 Å². The Hall–Kier alpha value is -0.430. The van der Waals surface area contributed by atoms with E-state index in [1.165, 1.54) is 0 Å². The molecule has 4 nitrogen and oxygen atoms in total. The van der Waals surface area contributed by atoms with E-state index in [4.69, 9.17) is 5.73 Å². The lowest BCUT2D eigenvalue weighted by Gasteiger charge is -2.22. The van der Waals surface area contributed by atoms with Gasteiger partial charge in [0, 0.05) is 17.1 Å². The first-order chi connectivity index (χ1) is 8.86. The van der Waals surface area contributed by atoms with Crippen LogP contribution in [0.15, 0.2) is 27.6 Å². The van der Waals surface area contributed by atoms with Gasteiger partial charge in [-0.1, -0.05) is 22.0 Å². The van der Waals surface area contributed by atoms with Crippen LogP contribution in [0.5, 0.6) is 0 Å². The molecule has 1 saturated heterocycles. The molecule has 1 aromatic rings. The van der Waals surface area contributed by atoms with Gasteiger partial charge in [0.1, 0.15) is 0 Å². The van der Waals surface area contributed by atoms with Gasteiger partial charge in [0.25, 0.3) is 0 Å². The van der Waals surface area contributed by atoms with Gasteiger partial charge in [0.15, 0.2) is 0 Å². The van der Waals surface area contributed by atoms with Crippen molar-refractivity contribution in [2.75, 3.05) is 13.1 Å². The molecule has 0 saturated carbocycles. The zero-order valence-corrected chi connectivity index (χ0v) is 13.5. The molecule has 2 rings (SSSR count). The number of benzene rings is 1. The number of hydrogen-bond acceptors (Lipinski definition) is 3. The number of nitrogens with two attached hydrogens (primary N) is 1. The van der Waals surface area contributed by atoms with Crippen molar-refractivity contribution in [3.05, 3.63) is 28.2 Å². The van der Waals surface area contributed by atoms with Crippen molar-refractivity contribution >= 4 is 26.0 Å². The van der Waals surface area contributed by atoms with Gasteiger partial charge in [0.05, 0.1) is 4.90 Å². The summed E-state index contributed by atoms with van der Waals surface area (Å²) in [5.41, 5.74) is 6.44. The third-order valence-electron chi connectivity index (χ3n) is 3.67. The number of hydrogen-bond donors (Lipinski definition) is 1. The van der Waals surface area contributed by atoms with Crippen molar-refractivity contribution in [3.63, 3.8) is 0 Å². The molecule has 0 aliphatic carbocycles. The molecule has 0 bridgehead atoms. The Labute approximate surface area is 123 Å². The fourth-order valence-electron chi connectivity index (χ4n) is 2.59. The highest BCUT2D eigenvalue weighted by molar-refractivity contribution is 9.10. The molecule has 2 unspecified atom stereocenters. The summed E-state index contributed by atoms with van der Waals surface area (Å²) >= 11 is 3.34. The van der Waals surface area contributed by atoms with E-state index in [9.17, 15) is 8.42 Å². The summed E-state index contributed by atoms with van der Waals surface area (Å²) in [6.07, 6.45) is 0.836. The van der Waals surface area contributed by atoms with Gasteiger partial charge in [-0.25, -0.2) is 8.42 Å². The Morgan fingerprint density at radius 1 is 1.47 bits per heavy atom. The van der Waals surface area contributed by atoms with Gasteiger partial charge in [-0.15, -0.1) is 0 Å². The van der Waals surface area contributed by atoms with Crippen molar-refractivity contribution in [2.45, 2.75) is 31.2 Å². The summed E-state index contributed by atoms with van der Waals surface area (Å²) in [7, 11) is -3.44. The fraction of sp³-hybridized carbons (Fsp3) is 0.538. The Morgan fingerprint density at radius 2 is 2.16 bits per heavy atom. The van der Waals surface area contributed by atoms with Crippen LogP contribution in [0, 0.1) is 12.8 Å². The van der Waals surface area contributed by atoms with Crippen molar-refractivity contribution in [2.24, 2.45) is 11.7 Å². The second-order valence-electron chi connectivity index (χ2n) is 5.17. The standard InChI is InChI=1S/C13H19BrN2O2S/c1-9-3-4-12(14)6-13(9)19(17,18)16-8-11(7-15)5-10(16)2/h3-4,6,10-11H,5,7-8,15H2,1-2H3. The zero-order valence-electron chi connectivity index (χ0n) is 11.1. The fourth-order valence-corrected chi connectivity index (χ4v) is 5.08. The third-order valence-corrected chi connectivity index (χ3v) is 6.29. The molecule has 0 spiro atoms. The van der Waals surface area contributed by atoms with Crippen molar-refractivity contribution < 1.29 is 8.42 Å². The van der Waals surface area contributed by atoms with Gasteiger partial charge in [-0.05, 0) is 50.4 Å². The highest BCUT2D eigenvalue weighted by Crippen LogP contribution is 2.31. The van der Waals surface area contributed by atoms with E-state index in [1.54, 1.807) is 10.4 Å². The van der Waals surface area contributed by atoms with Crippen LogP contribution in [0.25, 0.3) is 0 Å². The minimum Gasteiger partial charge on any atom is -0.330 e. The molecule has 2 N–H and O–H groups in total. The van der Waals surface area contributed by atoms with Crippen LogP contribution in [0.4, 0.5) is 0 Å². The Bertz CT molecular complexity index is 574. The zero-order chi connectivity index (χ0) is 14.2. The van der Waals surface area contributed by atoms with Gasteiger partial charge in [-0.2, -0.15) is 4.31 Å². The van der Waals surface area contributed by atoms with Crippen LogP contribution < -0.4 is 5.73 Å². The van der Waals surface area contributed by atoms with Gasteiger partial charge >= 0.3 is 0 Å². The van der Waals surface area contributed by atoms with Crippen LogP contribution in [0.1, 0.15) is 18.9 Å². The van der Waals surface area contributed by atoms with Crippen LogP contribution in [-0.4, -0.2) is 31.9 Å². The van der Waals surface area contributed by atoms with Crippen molar-refractivity contribution in [1.29, 1.82) is 0 Å². The van der Waals surface area contributed by atoms with Crippen LogP contribution in [-0.2, 0) is 10.0 Å². The molecule has 1 heterocycles. The third kappa shape index (κ3) is 2.86. The lowest BCUT2D eigenvalue weighted by atomic mass is 10.1.